The zero-order valence-electron chi connectivity index (χ0n) is 19.0. The highest BCUT2D eigenvalue weighted by Gasteiger charge is 2.21. The van der Waals surface area contributed by atoms with Gasteiger partial charge in [-0.25, -0.2) is 9.78 Å². The van der Waals surface area contributed by atoms with Crippen LogP contribution in [0.4, 0.5) is 5.69 Å². The molecule has 174 valence electrons. The maximum atomic E-state index is 13.0. The fourth-order valence-electron chi connectivity index (χ4n) is 3.41. The second-order valence-corrected chi connectivity index (χ2v) is 8.64. The number of nitrogens with one attached hydrogen (secondary N) is 1. The Bertz CT molecular complexity index is 1230. The normalized spacial score (nSPS) is 10.9. The molecule has 0 fully saturated rings. The number of esters is 1. The Balaban J connectivity index is 1.73. The molecule has 0 atom stereocenters. The molecule has 2 heterocycles. The van der Waals surface area contributed by atoms with Crippen LogP contribution in [-0.2, 0) is 16.1 Å². The van der Waals surface area contributed by atoms with E-state index in [0.717, 1.165) is 30.6 Å². The number of amides is 1. The summed E-state index contributed by atoms with van der Waals surface area (Å²) in [5, 5.41) is 3.14. The molecule has 8 nitrogen and oxygen atoms in total. The summed E-state index contributed by atoms with van der Waals surface area (Å²) in [5.41, 5.74) is 1.16. The van der Waals surface area contributed by atoms with Crippen LogP contribution in [0.15, 0.2) is 35.4 Å². The number of aromatic nitrogens is 2. The maximum absolute atomic E-state index is 13.0. The minimum Gasteiger partial charge on any atom is -0.462 e. The number of nitrogens with zero attached hydrogens (tertiary/aromatic N) is 2. The minimum atomic E-state index is -0.488. The first-order valence-corrected chi connectivity index (χ1v) is 11.8. The third-order valence-corrected chi connectivity index (χ3v) is 6.37. The fourth-order valence-corrected chi connectivity index (χ4v) is 4.44. The van der Waals surface area contributed by atoms with Gasteiger partial charge in [-0.05, 0) is 50.1 Å². The van der Waals surface area contributed by atoms with Crippen molar-refractivity contribution in [3.63, 3.8) is 0 Å². The number of benzene rings is 1. The van der Waals surface area contributed by atoms with Gasteiger partial charge < -0.3 is 10.1 Å². The summed E-state index contributed by atoms with van der Waals surface area (Å²) in [7, 11) is 0. The summed E-state index contributed by atoms with van der Waals surface area (Å²) < 4.78 is 6.28. The van der Waals surface area contributed by atoms with Crippen molar-refractivity contribution in [2.24, 2.45) is 0 Å². The lowest BCUT2D eigenvalue weighted by Gasteiger charge is -2.08. The molecule has 33 heavy (non-hydrogen) atoms. The lowest BCUT2D eigenvalue weighted by molar-refractivity contribution is -0.116. The third-order valence-electron chi connectivity index (χ3n) is 5.19. The van der Waals surface area contributed by atoms with Gasteiger partial charge in [0.2, 0.25) is 5.91 Å². The van der Waals surface area contributed by atoms with E-state index >= 15 is 0 Å². The molecule has 2 aromatic heterocycles. The van der Waals surface area contributed by atoms with Crippen LogP contribution in [0.5, 0.6) is 0 Å². The Labute approximate surface area is 195 Å². The van der Waals surface area contributed by atoms with Crippen LogP contribution in [-0.4, -0.2) is 33.8 Å². The highest BCUT2D eigenvalue weighted by molar-refractivity contribution is 7.20. The molecular formula is C24H27N3O5S. The number of hydrogen-bond acceptors (Lipinski definition) is 7. The van der Waals surface area contributed by atoms with Gasteiger partial charge in [-0.15, -0.1) is 11.3 Å². The summed E-state index contributed by atoms with van der Waals surface area (Å²) in [5.74, 6) is -0.808. The van der Waals surface area contributed by atoms with Crippen molar-refractivity contribution in [3.05, 3.63) is 57.0 Å². The van der Waals surface area contributed by atoms with Crippen LogP contribution >= 0.6 is 11.3 Å². The number of carbonyl (C=O) groups excluding carboxylic acids is 3. The van der Waals surface area contributed by atoms with Crippen LogP contribution in [0.1, 0.15) is 65.1 Å². The summed E-state index contributed by atoms with van der Waals surface area (Å²) in [6.45, 7) is 5.52. The molecule has 0 saturated heterocycles. The lowest BCUT2D eigenvalue weighted by Crippen LogP contribution is -2.24. The number of ether oxygens (including phenoxy) is 1. The molecule has 3 rings (SSSR count). The minimum absolute atomic E-state index is 0.0539. The van der Waals surface area contributed by atoms with Crippen LogP contribution in [0.2, 0.25) is 0 Å². The summed E-state index contributed by atoms with van der Waals surface area (Å²) >= 11 is 1.10. The van der Waals surface area contributed by atoms with Crippen LogP contribution in [0, 0.1) is 6.92 Å². The van der Waals surface area contributed by atoms with Crippen molar-refractivity contribution in [1.82, 2.24) is 9.55 Å². The Hall–Kier alpha value is -3.33. The molecule has 0 unspecified atom stereocenters. The van der Waals surface area contributed by atoms with Crippen molar-refractivity contribution in [2.75, 3.05) is 11.9 Å². The average Bonchev–Trinajstić information content (AvgIpc) is 3.13. The van der Waals surface area contributed by atoms with E-state index in [2.05, 4.69) is 17.2 Å². The number of hydrogen-bond donors (Lipinski definition) is 1. The lowest BCUT2D eigenvalue weighted by atomic mass is 10.1. The molecule has 0 bridgehead atoms. The molecule has 0 spiro atoms. The second kappa shape index (κ2) is 11.0. The second-order valence-electron chi connectivity index (χ2n) is 7.64. The number of unbranched alkanes of at least 4 members (excludes halogenated alkanes) is 2. The largest absolute Gasteiger partial charge is 0.462 e. The van der Waals surface area contributed by atoms with Crippen LogP contribution < -0.4 is 10.9 Å². The van der Waals surface area contributed by atoms with E-state index < -0.39 is 5.97 Å². The first-order valence-electron chi connectivity index (χ1n) is 10.9. The van der Waals surface area contributed by atoms with Crippen LogP contribution in [0.25, 0.3) is 10.2 Å². The number of ketones is 1. The Morgan fingerprint density at radius 2 is 1.85 bits per heavy atom. The predicted octanol–water partition coefficient (Wildman–Crippen LogP) is 4.34. The van der Waals surface area contributed by atoms with E-state index in [0.29, 0.717) is 38.3 Å². The number of thiophene rings is 1. The van der Waals surface area contributed by atoms with E-state index in [4.69, 9.17) is 4.74 Å². The monoisotopic (exact) mass is 469 g/mol. The molecule has 0 radical (unpaired) electrons. The molecule has 0 aliphatic heterocycles. The number of carbonyl (C=O) groups is 3. The van der Waals surface area contributed by atoms with E-state index in [1.165, 1.54) is 10.9 Å². The highest BCUT2D eigenvalue weighted by atomic mass is 32.1. The first-order chi connectivity index (χ1) is 15.8. The molecule has 3 aromatic rings. The summed E-state index contributed by atoms with van der Waals surface area (Å²) in [6, 6.07) is 6.58. The molecule has 0 saturated carbocycles. The van der Waals surface area contributed by atoms with Crippen molar-refractivity contribution < 1.29 is 19.1 Å². The predicted molar refractivity (Wildman–Crippen MR) is 128 cm³/mol. The number of anilines is 1. The molecule has 1 aromatic carbocycles. The number of Topliss-reactive ketones (excluding diaryl/α,β-unsaturated/α-hetero) is 1. The molecule has 9 heteroatoms. The van der Waals surface area contributed by atoms with Gasteiger partial charge in [-0.3, -0.25) is 19.0 Å². The summed E-state index contributed by atoms with van der Waals surface area (Å²) in [6.07, 6.45) is 4.69. The highest BCUT2D eigenvalue weighted by Crippen LogP contribution is 2.27. The van der Waals surface area contributed by atoms with Gasteiger partial charge in [0.05, 0.1) is 24.9 Å². The van der Waals surface area contributed by atoms with Crippen molar-refractivity contribution in [1.29, 1.82) is 0 Å². The van der Waals surface area contributed by atoms with Crippen molar-refractivity contribution in [2.45, 2.75) is 53.0 Å². The zero-order valence-corrected chi connectivity index (χ0v) is 19.8. The van der Waals surface area contributed by atoms with Gasteiger partial charge in [-0.1, -0.05) is 19.8 Å². The molecule has 1 N–H and O–H groups in total. The van der Waals surface area contributed by atoms with Gasteiger partial charge in [0.1, 0.15) is 9.71 Å². The van der Waals surface area contributed by atoms with Crippen molar-refractivity contribution >= 4 is 44.9 Å². The zero-order chi connectivity index (χ0) is 24.0. The number of fused-ring (bicyclic) bond motifs is 1. The van der Waals surface area contributed by atoms with Crippen molar-refractivity contribution in [3.8, 4) is 0 Å². The van der Waals surface area contributed by atoms with Gasteiger partial charge in [0.15, 0.2) is 5.78 Å². The maximum Gasteiger partial charge on any atom is 0.348 e. The van der Waals surface area contributed by atoms with Crippen LogP contribution in [0.3, 0.4) is 0 Å². The fraction of sp³-hybridized carbons (Fsp3) is 0.375. The number of aryl methyl sites for hydroxylation is 1. The van der Waals surface area contributed by atoms with Gasteiger partial charge in [0.25, 0.3) is 5.56 Å². The molecular weight excluding hydrogens is 442 g/mol. The SMILES string of the molecule is CCCCCC(=O)Nc1ccc(C(=O)Cn2cnc3sc(C(=O)OCC)c(C)c3c2=O)cc1. The van der Waals surface area contributed by atoms with Gasteiger partial charge in [0, 0.05) is 17.7 Å². The van der Waals surface area contributed by atoms with E-state index in [-0.39, 0.29) is 30.4 Å². The average molecular weight is 470 g/mol. The molecule has 0 aliphatic rings. The Kier molecular flexibility index (Phi) is 8.11. The standard InChI is InChI=1S/C24H27N3O5S/c1-4-6-7-8-19(29)26-17-11-9-16(10-12-17)18(28)13-27-14-25-22-20(23(27)30)15(3)21(33-22)24(31)32-5-2/h9-12,14H,4-8,13H2,1-3H3,(H,26,29). The van der Waals surface area contributed by atoms with E-state index in [1.807, 2.05) is 0 Å². The Morgan fingerprint density at radius 3 is 2.52 bits per heavy atom. The Morgan fingerprint density at radius 1 is 1.12 bits per heavy atom. The quantitative estimate of drug-likeness (QED) is 0.269. The smallest absolute Gasteiger partial charge is 0.348 e. The van der Waals surface area contributed by atoms with E-state index in [9.17, 15) is 19.2 Å². The first kappa shape index (κ1) is 24.3. The molecule has 0 aliphatic carbocycles. The topological polar surface area (TPSA) is 107 Å². The molecule has 1 amide bonds. The third kappa shape index (κ3) is 5.73. The summed E-state index contributed by atoms with van der Waals surface area (Å²) in [4.78, 5) is 54.8. The van der Waals surface area contributed by atoms with E-state index in [1.54, 1.807) is 38.1 Å². The van der Waals surface area contributed by atoms with Gasteiger partial charge in [-0.2, -0.15) is 0 Å². The van der Waals surface area contributed by atoms with Gasteiger partial charge >= 0.3 is 5.97 Å². The number of rotatable bonds is 10.